The topological polar surface area (TPSA) is 18.5 Å². The summed E-state index contributed by atoms with van der Waals surface area (Å²) < 4.78 is 12.6. The third kappa shape index (κ3) is 4.45. The molecule has 0 aromatic heterocycles. The summed E-state index contributed by atoms with van der Waals surface area (Å²) in [6, 6.07) is 0. The van der Waals surface area contributed by atoms with Crippen molar-refractivity contribution in [1.29, 1.82) is 0 Å². The molecule has 0 aromatic rings. The second-order valence-electron chi connectivity index (χ2n) is 8.19. The van der Waals surface area contributed by atoms with E-state index in [9.17, 15) is 0 Å². The number of hydrogen-bond donors (Lipinski definition) is 0. The molecule has 3 fully saturated rings. The molecule has 1 aliphatic heterocycles. The minimum atomic E-state index is -0.362. The van der Waals surface area contributed by atoms with Crippen molar-refractivity contribution in [1.82, 2.24) is 0 Å². The van der Waals surface area contributed by atoms with Gasteiger partial charge in [-0.15, -0.1) is 0 Å². The molecule has 0 bridgehead atoms. The first-order valence-electron chi connectivity index (χ1n) is 9.48. The zero-order chi connectivity index (χ0) is 14.7. The van der Waals surface area contributed by atoms with Crippen LogP contribution in [-0.4, -0.2) is 18.0 Å². The first-order chi connectivity index (χ1) is 10.1. The van der Waals surface area contributed by atoms with Gasteiger partial charge in [0, 0.05) is 0 Å². The van der Waals surface area contributed by atoms with Gasteiger partial charge in [-0.25, -0.2) is 0 Å². The van der Waals surface area contributed by atoms with E-state index in [4.69, 9.17) is 9.47 Å². The maximum absolute atomic E-state index is 6.28. The minimum absolute atomic E-state index is 0.352. The van der Waals surface area contributed by atoms with Gasteiger partial charge in [-0.2, -0.15) is 0 Å². The van der Waals surface area contributed by atoms with Crippen molar-refractivity contribution in [2.45, 2.75) is 109 Å². The van der Waals surface area contributed by atoms with Gasteiger partial charge >= 0.3 is 0 Å². The highest BCUT2D eigenvalue weighted by Crippen LogP contribution is 2.39. The molecular formula is C19H34O2. The predicted octanol–water partition coefficient (Wildman–Crippen LogP) is 5.45. The molecule has 2 atom stereocenters. The van der Waals surface area contributed by atoms with E-state index in [-0.39, 0.29) is 5.79 Å². The average molecular weight is 294 g/mol. The molecule has 2 aliphatic carbocycles. The number of rotatable bonds is 4. The smallest absolute Gasteiger partial charge is 0.163 e. The summed E-state index contributed by atoms with van der Waals surface area (Å²) in [6.07, 6.45) is 17.4. The van der Waals surface area contributed by atoms with Crippen LogP contribution in [0.5, 0.6) is 0 Å². The Morgan fingerprint density at radius 1 is 0.667 bits per heavy atom. The highest BCUT2D eigenvalue weighted by molar-refractivity contribution is 4.86. The lowest BCUT2D eigenvalue weighted by Gasteiger charge is -2.29. The van der Waals surface area contributed by atoms with Crippen molar-refractivity contribution in [3.63, 3.8) is 0 Å². The Morgan fingerprint density at radius 3 is 1.43 bits per heavy atom. The summed E-state index contributed by atoms with van der Waals surface area (Å²) >= 11 is 0. The number of ether oxygens (including phenoxy) is 2. The van der Waals surface area contributed by atoms with Crippen molar-refractivity contribution in [2.75, 3.05) is 0 Å². The highest BCUT2D eigenvalue weighted by atomic mass is 16.7. The van der Waals surface area contributed by atoms with Gasteiger partial charge in [0.1, 0.15) is 0 Å². The van der Waals surface area contributed by atoms with Crippen LogP contribution in [0.25, 0.3) is 0 Å². The Hall–Kier alpha value is -0.0800. The highest BCUT2D eigenvalue weighted by Gasteiger charge is 2.42. The van der Waals surface area contributed by atoms with Gasteiger partial charge in [-0.3, -0.25) is 0 Å². The fourth-order valence-corrected chi connectivity index (χ4v) is 4.81. The predicted molar refractivity (Wildman–Crippen MR) is 86.2 cm³/mol. The molecule has 122 valence electrons. The van der Waals surface area contributed by atoms with Gasteiger partial charge in [-0.1, -0.05) is 64.2 Å². The second-order valence-corrected chi connectivity index (χ2v) is 8.19. The summed E-state index contributed by atoms with van der Waals surface area (Å²) in [5.41, 5.74) is 0. The second kappa shape index (κ2) is 7.00. The van der Waals surface area contributed by atoms with Crippen LogP contribution >= 0.6 is 0 Å². The first kappa shape index (κ1) is 15.8. The van der Waals surface area contributed by atoms with Crippen LogP contribution in [0.2, 0.25) is 0 Å². The minimum Gasteiger partial charge on any atom is -0.345 e. The Kier molecular flexibility index (Phi) is 5.27. The van der Waals surface area contributed by atoms with E-state index in [0.717, 1.165) is 11.8 Å². The van der Waals surface area contributed by atoms with Crippen LogP contribution in [0.4, 0.5) is 0 Å². The fourth-order valence-electron chi connectivity index (χ4n) is 4.81. The molecule has 0 amide bonds. The van der Waals surface area contributed by atoms with Crippen LogP contribution in [0.3, 0.4) is 0 Å². The van der Waals surface area contributed by atoms with E-state index in [1.54, 1.807) is 0 Å². The molecule has 2 nitrogen and oxygen atoms in total. The van der Waals surface area contributed by atoms with Crippen LogP contribution < -0.4 is 0 Å². The molecule has 0 radical (unpaired) electrons. The molecule has 21 heavy (non-hydrogen) atoms. The summed E-state index contributed by atoms with van der Waals surface area (Å²) in [4.78, 5) is 0. The monoisotopic (exact) mass is 294 g/mol. The van der Waals surface area contributed by atoms with Crippen LogP contribution in [-0.2, 0) is 9.47 Å². The van der Waals surface area contributed by atoms with E-state index in [0.29, 0.717) is 12.2 Å². The lowest BCUT2D eigenvalue weighted by molar-refractivity contribution is -0.149. The summed E-state index contributed by atoms with van der Waals surface area (Å²) in [5, 5.41) is 0. The maximum Gasteiger partial charge on any atom is 0.163 e. The summed E-state index contributed by atoms with van der Waals surface area (Å²) in [5.74, 6) is 1.41. The molecule has 2 saturated carbocycles. The van der Waals surface area contributed by atoms with Crippen molar-refractivity contribution in [2.24, 2.45) is 11.8 Å². The summed E-state index contributed by atoms with van der Waals surface area (Å²) in [7, 11) is 0. The molecule has 0 aromatic carbocycles. The average Bonchev–Trinajstić information content (AvgIpc) is 2.75. The summed E-state index contributed by atoms with van der Waals surface area (Å²) in [6.45, 7) is 4.20. The van der Waals surface area contributed by atoms with Crippen molar-refractivity contribution < 1.29 is 9.47 Å². The van der Waals surface area contributed by atoms with Crippen molar-refractivity contribution in [3.8, 4) is 0 Å². The van der Waals surface area contributed by atoms with Gasteiger partial charge in [0.25, 0.3) is 0 Å². The maximum atomic E-state index is 6.28. The normalized spacial score (nSPS) is 35.1. The molecule has 2 heteroatoms. The Balaban J connectivity index is 1.56. The standard InChI is InChI=1S/C19H34O2/c1-19(2)20-17(13-15-9-5-3-6-10-15)18(21-19)14-16-11-7-4-8-12-16/h15-18H,3-14H2,1-2H3. The Morgan fingerprint density at radius 2 is 1.05 bits per heavy atom. The Labute approximate surface area is 131 Å². The van der Waals surface area contributed by atoms with Crippen molar-refractivity contribution >= 4 is 0 Å². The van der Waals surface area contributed by atoms with Gasteiger partial charge in [0.05, 0.1) is 12.2 Å². The third-order valence-corrected chi connectivity index (χ3v) is 5.87. The van der Waals surface area contributed by atoms with Gasteiger partial charge < -0.3 is 9.47 Å². The lowest BCUT2D eigenvalue weighted by Crippen LogP contribution is -2.29. The van der Waals surface area contributed by atoms with E-state index in [1.807, 2.05) is 0 Å². The van der Waals surface area contributed by atoms with Crippen LogP contribution in [0, 0.1) is 11.8 Å². The van der Waals surface area contributed by atoms with E-state index in [2.05, 4.69) is 13.8 Å². The quantitative estimate of drug-likeness (QED) is 0.686. The van der Waals surface area contributed by atoms with E-state index in [1.165, 1.54) is 77.0 Å². The van der Waals surface area contributed by atoms with E-state index >= 15 is 0 Å². The molecule has 1 saturated heterocycles. The molecular weight excluding hydrogens is 260 g/mol. The van der Waals surface area contributed by atoms with E-state index < -0.39 is 0 Å². The lowest BCUT2D eigenvalue weighted by atomic mass is 9.81. The number of hydrogen-bond acceptors (Lipinski definition) is 2. The van der Waals surface area contributed by atoms with Crippen LogP contribution in [0.1, 0.15) is 90.9 Å². The zero-order valence-electron chi connectivity index (χ0n) is 14.1. The molecule has 3 rings (SSSR count). The largest absolute Gasteiger partial charge is 0.345 e. The first-order valence-corrected chi connectivity index (χ1v) is 9.48. The molecule has 3 aliphatic rings. The van der Waals surface area contributed by atoms with Gasteiger partial charge in [-0.05, 0) is 38.5 Å². The molecule has 2 unspecified atom stereocenters. The van der Waals surface area contributed by atoms with Gasteiger partial charge in [0.15, 0.2) is 5.79 Å². The zero-order valence-corrected chi connectivity index (χ0v) is 14.1. The molecule has 0 spiro atoms. The SMILES string of the molecule is CC1(C)OC(CC2CCCCC2)C(CC2CCCCC2)O1. The third-order valence-electron chi connectivity index (χ3n) is 5.87. The van der Waals surface area contributed by atoms with Gasteiger partial charge in [0.2, 0.25) is 0 Å². The fraction of sp³-hybridized carbons (Fsp3) is 1.00. The van der Waals surface area contributed by atoms with Crippen LogP contribution in [0.15, 0.2) is 0 Å². The van der Waals surface area contributed by atoms with Crippen molar-refractivity contribution in [3.05, 3.63) is 0 Å². The molecule has 1 heterocycles. The Bertz CT molecular complexity index is 284. The molecule has 0 N–H and O–H groups in total.